The van der Waals surface area contributed by atoms with E-state index in [0.717, 1.165) is 5.56 Å². The number of aliphatic carboxylic acids is 1. The third-order valence-electron chi connectivity index (χ3n) is 2.79. The molecule has 1 rings (SSSR count). The van der Waals surface area contributed by atoms with Gasteiger partial charge >= 0.3 is 12.1 Å². The van der Waals surface area contributed by atoms with Crippen molar-refractivity contribution >= 4 is 12.1 Å². The van der Waals surface area contributed by atoms with Gasteiger partial charge in [-0.2, -0.15) is 0 Å². The largest absolute Gasteiger partial charge is 0.478 e. The zero-order valence-electron chi connectivity index (χ0n) is 13.4. The van der Waals surface area contributed by atoms with Crippen LogP contribution in [0.15, 0.2) is 42.0 Å². The summed E-state index contributed by atoms with van der Waals surface area (Å²) in [4.78, 5) is 22.9. The van der Waals surface area contributed by atoms with E-state index in [1.807, 2.05) is 30.3 Å². The monoisotopic (exact) mass is 305 g/mol. The van der Waals surface area contributed by atoms with Crippen LogP contribution in [0.2, 0.25) is 0 Å². The highest BCUT2D eigenvalue weighted by Crippen LogP contribution is 2.10. The van der Waals surface area contributed by atoms with E-state index in [2.05, 4.69) is 5.32 Å². The number of carboxylic acid groups (broad SMARTS) is 1. The lowest BCUT2D eigenvalue weighted by Gasteiger charge is -2.22. The van der Waals surface area contributed by atoms with Crippen molar-refractivity contribution in [2.45, 2.75) is 45.8 Å². The molecule has 0 radical (unpaired) electrons. The molecule has 0 unspecified atom stereocenters. The van der Waals surface area contributed by atoms with Gasteiger partial charge in [0.1, 0.15) is 5.60 Å². The van der Waals surface area contributed by atoms with Crippen molar-refractivity contribution in [2.24, 2.45) is 0 Å². The van der Waals surface area contributed by atoms with Crippen LogP contribution in [-0.4, -0.2) is 28.8 Å². The summed E-state index contributed by atoms with van der Waals surface area (Å²) in [7, 11) is 0. The first kappa shape index (κ1) is 17.8. The fourth-order valence-corrected chi connectivity index (χ4v) is 1.85. The average Bonchev–Trinajstić information content (AvgIpc) is 2.37. The Labute approximate surface area is 131 Å². The minimum atomic E-state index is -1.01. The van der Waals surface area contributed by atoms with E-state index in [9.17, 15) is 9.59 Å². The topological polar surface area (TPSA) is 75.6 Å². The minimum absolute atomic E-state index is 0.178. The molecular formula is C17H23NO4. The third kappa shape index (κ3) is 6.92. The summed E-state index contributed by atoms with van der Waals surface area (Å²) in [5, 5.41) is 11.7. The van der Waals surface area contributed by atoms with Crippen LogP contribution in [-0.2, 0) is 16.0 Å². The van der Waals surface area contributed by atoms with E-state index in [4.69, 9.17) is 9.84 Å². The molecule has 0 aromatic heterocycles. The summed E-state index contributed by atoms with van der Waals surface area (Å²) in [6.07, 6.45) is 1.45. The van der Waals surface area contributed by atoms with Gasteiger partial charge in [-0.25, -0.2) is 9.59 Å². The average molecular weight is 305 g/mol. The zero-order valence-corrected chi connectivity index (χ0v) is 13.4. The van der Waals surface area contributed by atoms with Crippen molar-refractivity contribution in [1.29, 1.82) is 0 Å². The number of alkyl carbamates (subject to hydrolysis) is 1. The molecule has 0 aliphatic rings. The van der Waals surface area contributed by atoms with Crippen LogP contribution < -0.4 is 5.32 Å². The van der Waals surface area contributed by atoms with Crippen LogP contribution >= 0.6 is 0 Å². The third-order valence-corrected chi connectivity index (χ3v) is 2.79. The first-order valence-corrected chi connectivity index (χ1v) is 7.12. The van der Waals surface area contributed by atoms with Crippen molar-refractivity contribution in [3.8, 4) is 0 Å². The number of nitrogens with one attached hydrogen (secondary N) is 1. The zero-order chi connectivity index (χ0) is 16.8. The first-order chi connectivity index (χ1) is 10.2. The van der Waals surface area contributed by atoms with Crippen LogP contribution in [0.5, 0.6) is 0 Å². The molecule has 0 aliphatic heterocycles. The minimum Gasteiger partial charge on any atom is -0.478 e. The van der Waals surface area contributed by atoms with Gasteiger partial charge in [-0.15, -0.1) is 0 Å². The van der Waals surface area contributed by atoms with Crippen molar-refractivity contribution in [3.05, 3.63) is 47.5 Å². The predicted octanol–water partition coefficient (Wildman–Crippen LogP) is 3.15. The molecule has 0 saturated carbocycles. The summed E-state index contributed by atoms with van der Waals surface area (Å²) >= 11 is 0. The maximum Gasteiger partial charge on any atom is 0.408 e. The van der Waals surface area contributed by atoms with Gasteiger partial charge in [0.05, 0.1) is 6.04 Å². The number of hydrogen-bond donors (Lipinski definition) is 2. The van der Waals surface area contributed by atoms with Crippen LogP contribution in [0.3, 0.4) is 0 Å². The van der Waals surface area contributed by atoms with Crippen molar-refractivity contribution in [2.75, 3.05) is 0 Å². The fourth-order valence-electron chi connectivity index (χ4n) is 1.85. The molecule has 0 heterocycles. The number of benzene rings is 1. The molecule has 2 N–H and O–H groups in total. The van der Waals surface area contributed by atoms with Gasteiger partial charge in [0.2, 0.25) is 0 Å². The Morgan fingerprint density at radius 2 is 1.86 bits per heavy atom. The highest BCUT2D eigenvalue weighted by atomic mass is 16.6. The summed E-state index contributed by atoms with van der Waals surface area (Å²) in [5.74, 6) is -1.01. The molecule has 0 aliphatic carbocycles. The molecule has 1 amide bonds. The first-order valence-electron chi connectivity index (χ1n) is 7.12. The number of rotatable bonds is 5. The molecule has 0 spiro atoms. The van der Waals surface area contributed by atoms with E-state index in [1.54, 1.807) is 20.8 Å². The smallest absolute Gasteiger partial charge is 0.408 e. The lowest BCUT2D eigenvalue weighted by molar-refractivity contribution is -0.132. The van der Waals surface area contributed by atoms with Gasteiger partial charge in [-0.05, 0) is 39.7 Å². The lowest BCUT2D eigenvalue weighted by Crippen LogP contribution is -2.39. The van der Waals surface area contributed by atoms with Crippen LogP contribution in [0.1, 0.15) is 33.3 Å². The molecule has 5 nitrogen and oxygen atoms in total. The standard InChI is InChI=1S/C17H23NO4/c1-12(15(19)20)10-14(11-13-8-6-5-7-9-13)18-16(21)22-17(2,3)4/h5-10,14H,11H2,1-4H3,(H,18,21)(H,19,20)/b12-10+/t14-/m0/s1. The van der Waals surface area contributed by atoms with E-state index >= 15 is 0 Å². The van der Waals surface area contributed by atoms with Gasteiger partial charge in [0.25, 0.3) is 0 Å². The highest BCUT2D eigenvalue weighted by molar-refractivity contribution is 5.86. The Morgan fingerprint density at radius 3 is 2.36 bits per heavy atom. The molecule has 0 bridgehead atoms. The van der Waals surface area contributed by atoms with E-state index in [0.29, 0.717) is 6.42 Å². The maximum absolute atomic E-state index is 11.9. The van der Waals surface area contributed by atoms with Gasteiger partial charge in [0, 0.05) is 5.57 Å². The normalized spacial score (nSPS) is 13.4. The van der Waals surface area contributed by atoms with Gasteiger partial charge in [-0.1, -0.05) is 36.4 Å². The number of carbonyl (C=O) groups is 2. The SMILES string of the molecule is C/C(=C\[C@@H](Cc1ccccc1)NC(=O)OC(C)(C)C)C(=O)O. The van der Waals surface area contributed by atoms with E-state index < -0.39 is 23.7 Å². The summed E-state index contributed by atoms with van der Waals surface area (Å²) in [6, 6.07) is 9.09. The molecule has 5 heteroatoms. The van der Waals surface area contributed by atoms with Gasteiger partial charge in [-0.3, -0.25) is 0 Å². The van der Waals surface area contributed by atoms with Gasteiger partial charge < -0.3 is 15.2 Å². The second-order valence-corrected chi connectivity index (χ2v) is 6.10. The second-order valence-electron chi connectivity index (χ2n) is 6.10. The maximum atomic E-state index is 11.9. The second kappa shape index (κ2) is 7.64. The number of carboxylic acids is 1. The van der Waals surface area contributed by atoms with Crippen molar-refractivity contribution in [1.82, 2.24) is 5.32 Å². The Balaban J connectivity index is 2.85. The lowest BCUT2D eigenvalue weighted by atomic mass is 10.0. The van der Waals surface area contributed by atoms with Crippen LogP contribution in [0, 0.1) is 0 Å². The predicted molar refractivity (Wildman–Crippen MR) is 84.7 cm³/mol. The summed E-state index contributed by atoms with van der Waals surface area (Å²) in [5.41, 5.74) is 0.572. The molecule has 1 aromatic carbocycles. The molecule has 120 valence electrons. The number of ether oxygens (including phenoxy) is 1. The molecule has 0 fully saturated rings. The van der Waals surface area contributed by atoms with E-state index in [1.165, 1.54) is 13.0 Å². The van der Waals surface area contributed by atoms with Crippen molar-refractivity contribution in [3.63, 3.8) is 0 Å². The Hall–Kier alpha value is -2.30. The summed E-state index contributed by atoms with van der Waals surface area (Å²) in [6.45, 7) is 6.82. The molecule has 1 atom stereocenters. The molecule has 0 saturated heterocycles. The highest BCUT2D eigenvalue weighted by Gasteiger charge is 2.19. The Morgan fingerprint density at radius 1 is 1.27 bits per heavy atom. The molecule has 1 aromatic rings. The summed E-state index contributed by atoms with van der Waals surface area (Å²) < 4.78 is 5.22. The Bertz CT molecular complexity index is 544. The number of carbonyl (C=O) groups excluding carboxylic acids is 1. The Kier molecular flexibility index (Phi) is 6.16. The number of hydrogen-bond acceptors (Lipinski definition) is 3. The van der Waals surface area contributed by atoms with Gasteiger partial charge in [0.15, 0.2) is 0 Å². The van der Waals surface area contributed by atoms with Crippen LogP contribution in [0.25, 0.3) is 0 Å². The molecular weight excluding hydrogens is 282 g/mol. The fraction of sp³-hybridized carbons (Fsp3) is 0.412. The van der Waals surface area contributed by atoms with Crippen LogP contribution in [0.4, 0.5) is 4.79 Å². The molecule has 22 heavy (non-hydrogen) atoms. The van der Waals surface area contributed by atoms with E-state index in [-0.39, 0.29) is 5.57 Å². The van der Waals surface area contributed by atoms with Crippen molar-refractivity contribution < 1.29 is 19.4 Å². The number of amides is 1. The quantitative estimate of drug-likeness (QED) is 0.819.